The maximum Gasteiger partial charge on any atom is 0.416 e. The molecule has 2 aromatic carbocycles. The van der Waals surface area contributed by atoms with Crippen LogP contribution in [0.3, 0.4) is 0 Å². The van der Waals surface area contributed by atoms with Crippen LogP contribution >= 0.6 is 11.6 Å². The van der Waals surface area contributed by atoms with Gasteiger partial charge in [-0.3, -0.25) is 4.79 Å². The van der Waals surface area contributed by atoms with Crippen molar-refractivity contribution in [1.29, 1.82) is 0 Å². The molecule has 3 nitrogen and oxygen atoms in total. The molecule has 1 N–H and O–H groups in total. The van der Waals surface area contributed by atoms with Crippen LogP contribution in [-0.2, 0) is 11.0 Å². The van der Waals surface area contributed by atoms with E-state index in [2.05, 4.69) is 5.32 Å². The largest absolute Gasteiger partial charge is 0.481 e. The number of amides is 1. The van der Waals surface area contributed by atoms with Crippen molar-refractivity contribution in [2.24, 2.45) is 0 Å². The molecule has 0 heterocycles. The molecule has 0 aliphatic rings. The monoisotopic (exact) mass is 343 g/mol. The van der Waals surface area contributed by atoms with Gasteiger partial charge in [0.2, 0.25) is 0 Å². The molecule has 0 aromatic heterocycles. The van der Waals surface area contributed by atoms with Gasteiger partial charge in [0, 0.05) is 10.7 Å². The van der Waals surface area contributed by atoms with Crippen LogP contribution in [0, 0.1) is 0 Å². The second kappa shape index (κ2) is 6.91. The number of anilines is 1. The first-order valence-corrected chi connectivity index (χ1v) is 7.04. The Labute approximate surface area is 136 Å². The lowest BCUT2D eigenvalue weighted by Gasteiger charge is -2.15. The minimum atomic E-state index is -4.47. The van der Waals surface area contributed by atoms with Crippen LogP contribution in [0.1, 0.15) is 12.5 Å². The van der Waals surface area contributed by atoms with Gasteiger partial charge in [0.15, 0.2) is 6.10 Å². The molecule has 0 aliphatic carbocycles. The number of hydrogen-bond donors (Lipinski definition) is 1. The van der Waals surface area contributed by atoms with E-state index in [9.17, 15) is 18.0 Å². The van der Waals surface area contributed by atoms with E-state index in [-0.39, 0.29) is 5.69 Å². The van der Waals surface area contributed by atoms with Gasteiger partial charge in [0.25, 0.3) is 5.91 Å². The number of rotatable bonds is 4. The zero-order valence-corrected chi connectivity index (χ0v) is 12.8. The number of ether oxygens (including phenoxy) is 1. The molecular weight excluding hydrogens is 331 g/mol. The van der Waals surface area contributed by atoms with Gasteiger partial charge in [-0.05, 0) is 43.3 Å². The van der Waals surface area contributed by atoms with E-state index in [4.69, 9.17) is 16.3 Å². The first-order valence-electron chi connectivity index (χ1n) is 6.66. The lowest BCUT2D eigenvalue weighted by Crippen LogP contribution is -2.30. The summed E-state index contributed by atoms with van der Waals surface area (Å²) < 4.78 is 43.3. The molecule has 23 heavy (non-hydrogen) atoms. The van der Waals surface area contributed by atoms with E-state index in [1.807, 2.05) is 0 Å². The molecule has 0 radical (unpaired) electrons. The summed E-state index contributed by atoms with van der Waals surface area (Å²) in [5.41, 5.74) is -0.787. The van der Waals surface area contributed by atoms with Crippen molar-refractivity contribution >= 4 is 23.2 Å². The summed E-state index contributed by atoms with van der Waals surface area (Å²) in [6.45, 7) is 1.49. The molecule has 0 saturated heterocycles. The topological polar surface area (TPSA) is 38.3 Å². The van der Waals surface area contributed by atoms with Crippen LogP contribution in [0.15, 0.2) is 48.5 Å². The zero-order valence-electron chi connectivity index (χ0n) is 12.0. The summed E-state index contributed by atoms with van der Waals surface area (Å²) >= 11 is 5.81. The SMILES string of the molecule is CC(Oc1cccc(Cl)c1)C(=O)Nc1cccc(C(F)(F)F)c1. The van der Waals surface area contributed by atoms with Gasteiger partial charge < -0.3 is 10.1 Å². The molecular formula is C16H13ClF3NO2. The van der Waals surface area contributed by atoms with Gasteiger partial charge >= 0.3 is 6.18 Å². The molecule has 1 amide bonds. The number of carbonyl (C=O) groups is 1. The normalized spacial score (nSPS) is 12.6. The zero-order chi connectivity index (χ0) is 17.0. The van der Waals surface area contributed by atoms with E-state index in [1.54, 1.807) is 18.2 Å². The van der Waals surface area contributed by atoms with Gasteiger partial charge in [-0.1, -0.05) is 23.7 Å². The molecule has 7 heteroatoms. The van der Waals surface area contributed by atoms with Gasteiger partial charge in [-0.25, -0.2) is 0 Å². The maximum atomic E-state index is 12.6. The highest BCUT2D eigenvalue weighted by Gasteiger charge is 2.30. The Hall–Kier alpha value is -2.21. The summed E-state index contributed by atoms with van der Waals surface area (Å²) in [4.78, 5) is 12.0. The number of alkyl halides is 3. The Kier molecular flexibility index (Phi) is 5.15. The third-order valence-corrected chi connectivity index (χ3v) is 3.17. The molecule has 0 spiro atoms. The van der Waals surface area contributed by atoms with Crippen molar-refractivity contribution < 1.29 is 22.7 Å². The van der Waals surface area contributed by atoms with Crippen molar-refractivity contribution in [3.63, 3.8) is 0 Å². The van der Waals surface area contributed by atoms with Gasteiger partial charge in [0.05, 0.1) is 5.56 Å². The van der Waals surface area contributed by atoms with Crippen LogP contribution < -0.4 is 10.1 Å². The Bertz CT molecular complexity index is 704. The average Bonchev–Trinajstić information content (AvgIpc) is 2.46. The first-order chi connectivity index (χ1) is 10.8. The molecule has 0 aliphatic heterocycles. The molecule has 2 rings (SSSR count). The lowest BCUT2D eigenvalue weighted by molar-refractivity contribution is -0.137. The molecule has 0 bridgehead atoms. The minimum absolute atomic E-state index is 0.0476. The van der Waals surface area contributed by atoms with Crippen LogP contribution in [0.4, 0.5) is 18.9 Å². The van der Waals surface area contributed by atoms with Crippen LogP contribution in [-0.4, -0.2) is 12.0 Å². The fourth-order valence-corrected chi connectivity index (χ4v) is 2.00. The standard InChI is InChI=1S/C16H13ClF3NO2/c1-10(23-14-7-3-5-12(17)9-14)15(22)21-13-6-2-4-11(8-13)16(18,19)20/h2-10H,1H3,(H,21,22). The van der Waals surface area contributed by atoms with Crippen molar-refractivity contribution in [2.75, 3.05) is 5.32 Å². The van der Waals surface area contributed by atoms with E-state index in [1.165, 1.54) is 25.1 Å². The smallest absolute Gasteiger partial charge is 0.416 e. The summed E-state index contributed by atoms with van der Waals surface area (Å²) in [5.74, 6) is -0.173. The second-order valence-electron chi connectivity index (χ2n) is 4.79. The Morgan fingerprint density at radius 2 is 1.87 bits per heavy atom. The Morgan fingerprint density at radius 3 is 2.52 bits per heavy atom. The van der Waals surface area contributed by atoms with E-state index < -0.39 is 23.8 Å². The molecule has 2 aromatic rings. The third-order valence-electron chi connectivity index (χ3n) is 2.94. The fraction of sp³-hybridized carbons (Fsp3) is 0.188. The highest BCUT2D eigenvalue weighted by molar-refractivity contribution is 6.30. The van der Waals surface area contributed by atoms with Crippen LogP contribution in [0.2, 0.25) is 5.02 Å². The summed E-state index contributed by atoms with van der Waals surface area (Å²) in [5, 5.41) is 2.84. The average molecular weight is 344 g/mol. The number of carbonyl (C=O) groups excluding carboxylic acids is 1. The van der Waals surface area contributed by atoms with E-state index >= 15 is 0 Å². The number of benzene rings is 2. The van der Waals surface area contributed by atoms with Crippen LogP contribution in [0.5, 0.6) is 5.75 Å². The lowest BCUT2D eigenvalue weighted by atomic mass is 10.2. The number of nitrogens with one attached hydrogen (secondary N) is 1. The molecule has 1 unspecified atom stereocenters. The number of hydrogen-bond acceptors (Lipinski definition) is 2. The summed E-state index contributed by atoms with van der Waals surface area (Å²) in [7, 11) is 0. The van der Waals surface area contributed by atoms with Crippen molar-refractivity contribution in [1.82, 2.24) is 0 Å². The third kappa shape index (κ3) is 4.89. The quantitative estimate of drug-likeness (QED) is 0.868. The Morgan fingerprint density at radius 1 is 1.17 bits per heavy atom. The van der Waals surface area contributed by atoms with E-state index in [0.717, 1.165) is 12.1 Å². The van der Waals surface area contributed by atoms with Gasteiger partial charge in [0.1, 0.15) is 5.75 Å². The van der Waals surface area contributed by atoms with Gasteiger partial charge in [-0.2, -0.15) is 13.2 Å². The molecule has 122 valence electrons. The van der Waals surface area contributed by atoms with Crippen molar-refractivity contribution in [3.05, 3.63) is 59.1 Å². The second-order valence-corrected chi connectivity index (χ2v) is 5.22. The van der Waals surface area contributed by atoms with Gasteiger partial charge in [-0.15, -0.1) is 0 Å². The van der Waals surface area contributed by atoms with Crippen molar-refractivity contribution in [3.8, 4) is 5.75 Å². The molecule has 0 saturated carbocycles. The maximum absolute atomic E-state index is 12.6. The summed E-state index contributed by atoms with van der Waals surface area (Å²) in [6.07, 6.45) is -5.37. The van der Waals surface area contributed by atoms with Crippen LogP contribution in [0.25, 0.3) is 0 Å². The predicted molar refractivity (Wildman–Crippen MR) is 81.6 cm³/mol. The van der Waals surface area contributed by atoms with E-state index in [0.29, 0.717) is 10.8 Å². The highest BCUT2D eigenvalue weighted by Crippen LogP contribution is 2.30. The highest BCUT2D eigenvalue weighted by atomic mass is 35.5. The fourth-order valence-electron chi connectivity index (χ4n) is 1.82. The molecule has 0 fully saturated rings. The summed E-state index contributed by atoms with van der Waals surface area (Å²) in [6, 6.07) is 10.9. The van der Waals surface area contributed by atoms with Crippen molar-refractivity contribution in [2.45, 2.75) is 19.2 Å². The number of halogens is 4. The first kappa shape index (κ1) is 17.1. The minimum Gasteiger partial charge on any atom is -0.481 e. The predicted octanol–water partition coefficient (Wildman–Crippen LogP) is 4.76. The Balaban J connectivity index is 2.04. The molecule has 1 atom stereocenters.